The summed E-state index contributed by atoms with van der Waals surface area (Å²) in [6, 6.07) is 8.97. The molecule has 2 aromatic rings. The summed E-state index contributed by atoms with van der Waals surface area (Å²) in [6.45, 7) is 5.49. The number of methoxy groups -OCH3 is 1. The number of rotatable bonds is 6. The van der Waals surface area contributed by atoms with Gasteiger partial charge in [-0.3, -0.25) is 9.59 Å². The highest BCUT2D eigenvalue weighted by molar-refractivity contribution is 6.30. The molecule has 0 radical (unpaired) electrons. The maximum Gasteiger partial charge on any atom is 0.310 e. The number of ether oxygens (including phenoxy) is 2. The number of anilines is 1. The molecule has 0 saturated heterocycles. The van der Waals surface area contributed by atoms with E-state index in [4.69, 9.17) is 21.1 Å². The highest BCUT2D eigenvalue weighted by Crippen LogP contribution is 2.24. The molecule has 1 amide bonds. The maximum absolute atomic E-state index is 12.1. The summed E-state index contributed by atoms with van der Waals surface area (Å²) in [6.07, 6.45) is -0.0282. The van der Waals surface area contributed by atoms with Crippen molar-refractivity contribution in [3.63, 3.8) is 0 Å². The number of carbonyl (C=O) groups is 2. The Bertz CT molecular complexity index is 810. The van der Waals surface area contributed by atoms with Crippen molar-refractivity contribution in [1.29, 1.82) is 0 Å². The third-order valence-corrected chi connectivity index (χ3v) is 4.12. The zero-order chi connectivity index (χ0) is 19.3. The topological polar surface area (TPSA) is 64.6 Å². The van der Waals surface area contributed by atoms with Gasteiger partial charge in [0.25, 0.3) is 5.91 Å². The molecule has 26 heavy (non-hydrogen) atoms. The van der Waals surface area contributed by atoms with E-state index in [1.807, 2.05) is 32.9 Å². The van der Waals surface area contributed by atoms with Gasteiger partial charge in [-0.25, -0.2) is 0 Å². The Balaban J connectivity index is 1.94. The van der Waals surface area contributed by atoms with Crippen LogP contribution in [0.15, 0.2) is 30.3 Å². The number of carbonyl (C=O) groups excluding carboxylic acids is 2. The molecule has 0 bridgehead atoms. The van der Waals surface area contributed by atoms with Gasteiger partial charge in [0.15, 0.2) is 6.61 Å². The quantitative estimate of drug-likeness (QED) is 0.775. The molecule has 6 heteroatoms. The van der Waals surface area contributed by atoms with Crippen molar-refractivity contribution in [2.75, 3.05) is 19.0 Å². The third kappa shape index (κ3) is 5.23. The summed E-state index contributed by atoms with van der Waals surface area (Å²) < 4.78 is 10.3. The maximum atomic E-state index is 12.1. The Morgan fingerprint density at radius 1 is 1.08 bits per heavy atom. The van der Waals surface area contributed by atoms with Crippen LogP contribution in [0.25, 0.3) is 0 Å². The monoisotopic (exact) mass is 375 g/mol. The second kappa shape index (κ2) is 8.72. The second-order valence-electron chi connectivity index (χ2n) is 6.12. The molecule has 0 fully saturated rings. The Kier molecular flexibility index (Phi) is 6.64. The number of aryl methyl sites for hydroxylation is 3. The highest BCUT2D eigenvalue weighted by atomic mass is 35.5. The summed E-state index contributed by atoms with van der Waals surface area (Å²) in [7, 11) is 1.51. The SMILES string of the molecule is COc1ccc(Cl)cc1CC(=O)OCC(=O)Nc1c(C)cc(C)cc1C. The molecule has 0 aliphatic rings. The lowest BCUT2D eigenvalue weighted by molar-refractivity contribution is -0.146. The fourth-order valence-electron chi connectivity index (χ4n) is 2.79. The van der Waals surface area contributed by atoms with E-state index < -0.39 is 5.97 Å². The predicted octanol–water partition coefficient (Wildman–Crippen LogP) is 4.00. The van der Waals surface area contributed by atoms with Crippen molar-refractivity contribution in [2.24, 2.45) is 0 Å². The van der Waals surface area contributed by atoms with Crippen LogP contribution in [0.3, 0.4) is 0 Å². The smallest absolute Gasteiger partial charge is 0.310 e. The van der Waals surface area contributed by atoms with Crippen LogP contribution in [0, 0.1) is 20.8 Å². The van der Waals surface area contributed by atoms with Crippen LogP contribution >= 0.6 is 11.6 Å². The molecule has 2 rings (SSSR count). The first-order valence-corrected chi connectivity index (χ1v) is 8.53. The second-order valence-corrected chi connectivity index (χ2v) is 6.55. The van der Waals surface area contributed by atoms with Gasteiger partial charge in [0, 0.05) is 16.3 Å². The summed E-state index contributed by atoms with van der Waals surface area (Å²) in [5, 5.41) is 3.29. The van der Waals surface area contributed by atoms with Gasteiger partial charge in [0.2, 0.25) is 0 Å². The molecular formula is C20H22ClNO4. The van der Waals surface area contributed by atoms with Crippen LogP contribution in [-0.2, 0) is 20.7 Å². The number of esters is 1. The van der Waals surface area contributed by atoms with Crippen LogP contribution in [0.4, 0.5) is 5.69 Å². The summed E-state index contributed by atoms with van der Waals surface area (Å²) >= 11 is 5.94. The molecule has 0 aliphatic carbocycles. The first kappa shape index (κ1) is 19.8. The largest absolute Gasteiger partial charge is 0.496 e. The van der Waals surface area contributed by atoms with Gasteiger partial charge in [-0.2, -0.15) is 0 Å². The van der Waals surface area contributed by atoms with Crippen molar-refractivity contribution in [2.45, 2.75) is 27.2 Å². The van der Waals surface area contributed by atoms with Crippen molar-refractivity contribution >= 4 is 29.2 Å². The van der Waals surface area contributed by atoms with E-state index in [1.165, 1.54) is 7.11 Å². The minimum atomic E-state index is -0.530. The van der Waals surface area contributed by atoms with Crippen LogP contribution in [0.5, 0.6) is 5.75 Å². The van der Waals surface area contributed by atoms with E-state index in [2.05, 4.69) is 5.32 Å². The molecule has 5 nitrogen and oxygen atoms in total. The van der Waals surface area contributed by atoms with E-state index in [0.717, 1.165) is 22.4 Å². The molecule has 0 atom stereocenters. The van der Waals surface area contributed by atoms with Crippen molar-refractivity contribution in [1.82, 2.24) is 0 Å². The van der Waals surface area contributed by atoms with Crippen LogP contribution in [0.2, 0.25) is 5.02 Å². The number of amides is 1. The summed E-state index contributed by atoms with van der Waals surface area (Å²) in [5.41, 5.74) is 4.40. The molecule has 0 saturated carbocycles. The average molecular weight is 376 g/mol. The van der Waals surface area contributed by atoms with E-state index in [1.54, 1.807) is 18.2 Å². The fourth-order valence-corrected chi connectivity index (χ4v) is 2.99. The number of benzene rings is 2. The number of hydrogen-bond donors (Lipinski definition) is 1. The highest BCUT2D eigenvalue weighted by Gasteiger charge is 2.14. The lowest BCUT2D eigenvalue weighted by Crippen LogP contribution is -2.22. The van der Waals surface area contributed by atoms with Gasteiger partial charge in [-0.15, -0.1) is 0 Å². The van der Waals surface area contributed by atoms with Crippen molar-refractivity contribution < 1.29 is 19.1 Å². The summed E-state index contributed by atoms with van der Waals surface area (Å²) in [5.74, 6) is -0.369. The zero-order valence-corrected chi connectivity index (χ0v) is 16.1. The zero-order valence-electron chi connectivity index (χ0n) is 15.3. The molecule has 138 valence electrons. The minimum absolute atomic E-state index is 0.0282. The van der Waals surface area contributed by atoms with Gasteiger partial charge < -0.3 is 14.8 Å². The van der Waals surface area contributed by atoms with Crippen LogP contribution < -0.4 is 10.1 Å². The van der Waals surface area contributed by atoms with Crippen molar-refractivity contribution in [3.8, 4) is 5.75 Å². The van der Waals surface area contributed by atoms with Crippen LogP contribution in [0.1, 0.15) is 22.3 Å². The first-order chi connectivity index (χ1) is 12.3. The molecule has 0 heterocycles. The fraction of sp³-hybridized carbons (Fsp3) is 0.300. The van der Waals surface area contributed by atoms with Gasteiger partial charge in [0.1, 0.15) is 5.75 Å². The Labute approximate surface area is 158 Å². The van der Waals surface area contributed by atoms with E-state index in [0.29, 0.717) is 16.3 Å². The van der Waals surface area contributed by atoms with E-state index in [-0.39, 0.29) is 18.9 Å². The normalized spacial score (nSPS) is 10.3. The molecule has 0 aliphatic heterocycles. The Hall–Kier alpha value is -2.53. The van der Waals surface area contributed by atoms with Gasteiger partial charge in [-0.05, 0) is 50.1 Å². The van der Waals surface area contributed by atoms with Gasteiger partial charge in [0.05, 0.1) is 13.5 Å². The molecule has 0 spiro atoms. The van der Waals surface area contributed by atoms with Gasteiger partial charge in [-0.1, -0.05) is 29.3 Å². The number of hydrogen-bond acceptors (Lipinski definition) is 4. The molecular weight excluding hydrogens is 354 g/mol. The predicted molar refractivity (Wildman–Crippen MR) is 102 cm³/mol. The summed E-state index contributed by atoms with van der Waals surface area (Å²) in [4.78, 5) is 24.1. The minimum Gasteiger partial charge on any atom is -0.496 e. The molecule has 0 aromatic heterocycles. The van der Waals surface area contributed by atoms with Crippen molar-refractivity contribution in [3.05, 3.63) is 57.6 Å². The number of nitrogens with one attached hydrogen (secondary N) is 1. The third-order valence-electron chi connectivity index (χ3n) is 3.88. The Morgan fingerprint density at radius 3 is 2.35 bits per heavy atom. The molecule has 2 aromatic carbocycles. The first-order valence-electron chi connectivity index (χ1n) is 8.16. The van der Waals surface area contributed by atoms with E-state index in [9.17, 15) is 9.59 Å². The van der Waals surface area contributed by atoms with Crippen LogP contribution in [-0.4, -0.2) is 25.6 Å². The van der Waals surface area contributed by atoms with Gasteiger partial charge >= 0.3 is 5.97 Å². The molecule has 1 N–H and O–H groups in total. The standard InChI is InChI=1S/C20H22ClNO4/c1-12-7-13(2)20(14(3)8-12)22-18(23)11-26-19(24)10-15-9-16(21)5-6-17(15)25-4/h5-9H,10-11H2,1-4H3,(H,22,23). The lowest BCUT2D eigenvalue weighted by atomic mass is 10.1. The Morgan fingerprint density at radius 2 is 1.73 bits per heavy atom. The van der Waals surface area contributed by atoms with E-state index >= 15 is 0 Å². The lowest BCUT2D eigenvalue weighted by Gasteiger charge is -2.13. The average Bonchev–Trinajstić information content (AvgIpc) is 2.56. The molecule has 0 unspecified atom stereocenters. The number of halogens is 1.